The average Bonchev–Trinajstić information content (AvgIpc) is 2.91. The van der Waals surface area contributed by atoms with Gasteiger partial charge in [0.2, 0.25) is 11.8 Å². The molecule has 21 heavy (non-hydrogen) atoms. The fourth-order valence-corrected chi connectivity index (χ4v) is 2.34. The molecule has 1 aliphatic heterocycles. The van der Waals surface area contributed by atoms with Crippen molar-refractivity contribution in [3.05, 3.63) is 24.0 Å². The van der Waals surface area contributed by atoms with Gasteiger partial charge in [0.25, 0.3) is 0 Å². The molecular weight excluding hydrogens is 275 g/mol. The Morgan fingerprint density at radius 2 is 2.00 bits per heavy atom. The lowest BCUT2D eigenvalue weighted by atomic mass is 10.2. The van der Waals surface area contributed by atoms with Crippen LogP contribution in [0.5, 0.6) is 0 Å². The van der Waals surface area contributed by atoms with Crippen molar-refractivity contribution in [3.8, 4) is 0 Å². The van der Waals surface area contributed by atoms with E-state index in [1.54, 1.807) is 12.1 Å². The van der Waals surface area contributed by atoms with Crippen LogP contribution in [0, 0.1) is 5.82 Å². The second-order valence-electron chi connectivity index (χ2n) is 5.13. The van der Waals surface area contributed by atoms with Gasteiger partial charge in [-0.15, -0.1) is 0 Å². The van der Waals surface area contributed by atoms with Crippen LogP contribution < -0.4 is 21.7 Å². The lowest BCUT2D eigenvalue weighted by Gasteiger charge is -2.19. The Morgan fingerprint density at radius 1 is 1.33 bits per heavy atom. The van der Waals surface area contributed by atoms with Crippen LogP contribution in [0.1, 0.15) is 19.3 Å². The van der Waals surface area contributed by atoms with Crippen LogP contribution in [0.4, 0.5) is 15.8 Å². The molecule has 1 fully saturated rings. The summed E-state index contributed by atoms with van der Waals surface area (Å²) in [5.41, 5.74) is 11.3. The summed E-state index contributed by atoms with van der Waals surface area (Å²) in [7, 11) is 0. The van der Waals surface area contributed by atoms with Crippen LogP contribution in [0.15, 0.2) is 18.2 Å². The lowest BCUT2D eigenvalue weighted by Crippen LogP contribution is -2.39. The fourth-order valence-electron chi connectivity index (χ4n) is 2.34. The van der Waals surface area contributed by atoms with Crippen molar-refractivity contribution in [3.63, 3.8) is 0 Å². The van der Waals surface area contributed by atoms with Gasteiger partial charge >= 0.3 is 0 Å². The molecule has 0 saturated carbocycles. The summed E-state index contributed by atoms with van der Waals surface area (Å²) >= 11 is 0. The van der Waals surface area contributed by atoms with Gasteiger partial charge in [0.15, 0.2) is 0 Å². The van der Waals surface area contributed by atoms with Gasteiger partial charge in [0.05, 0.1) is 18.2 Å². The van der Waals surface area contributed by atoms with Gasteiger partial charge in [-0.25, -0.2) is 4.39 Å². The highest BCUT2D eigenvalue weighted by Gasteiger charge is 2.19. The Bertz CT molecular complexity index is 544. The third-order valence-corrected chi connectivity index (χ3v) is 3.42. The first-order valence-corrected chi connectivity index (χ1v) is 6.86. The summed E-state index contributed by atoms with van der Waals surface area (Å²) in [4.78, 5) is 24.4. The number of anilines is 2. The number of primary amides is 1. The molecule has 1 aromatic carbocycles. The molecule has 0 aliphatic carbocycles. The summed E-state index contributed by atoms with van der Waals surface area (Å²) in [6.45, 7) is 1.68. The number of amides is 2. The maximum absolute atomic E-state index is 14.1. The summed E-state index contributed by atoms with van der Waals surface area (Å²) in [6.07, 6.45) is 1.86. The van der Waals surface area contributed by atoms with Gasteiger partial charge in [0.1, 0.15) is 5.82 Å². The Labute approximate surface area is 122 Å². The second kappa shape index (κ2) is 6.53. The normalized spacial score (nSPS) is 15.8. The SMILES string of the molecule is NC(=O)CC(N)C(=O)Nc1ccc(N2CCCC2)c(F)c1. The molecule has 0 aromatic heterocycles. The van der Waals surface area contributed by atoms with Crippen molar-refractivity contribution >= 4 is 23.2 Å². The first kappa shape index (κ1) is 15.2. The zero-order valence-corrected chi connectivity index (χ0v) is 11.6. The third kappa shape index (κ3) is 3.91. The van der Waals surface area contributed by atoms with Crippen LogP contribution in [0.2, 0.25) is 0 Å². The van der Waals surface area contributed by atoms with E-state index in [-0.39, 0.29) is 6.42 Å². The Kier molecular flexibility index (Phi) is 4.74. The summed E-state index contributed by atoms with van der Waals surface area (Å²) < 4.78 is 14.1. The van der Waals surface area contributed by atoms with Crippen molar-refractivity contribution in [2.45, 2.75) is 25.3 Å². The molecule has 1 atom stereocenters. The van der Waals surface area contributed by atoms with Gasteiger partial charge in [0, 0.05) is 18.8 Å². The van der Waals surface area contributed by atoms with Gasteiger partial charge in [-0.1, -0.05) is 0 Å². The molecule has 1 saturated heterocycles. The van der Waals surface area contributed by atoms with E-state index < -0.39 is 23.7 Å². The highest BCUT2D eigenvalue weighted by atomic mass is 19.1. The molecule has 1 heterocycles. The Morgan fingerprint density at radius 3 is 2.57 bits per heavy atom. The molecule has 1 aromatic rings. The van der Waals surface area contributed by atoms with Gasteiger partial charge in [-0.2, -0.15) is 0 Å². The third-order valence-electron chi connectivity index (χ3n) is 3.42. The number of rotatable bonds is 5. The van der Waals surface area contributed by atoms with E-state index in [1.165, 1.54) is 6.07 Å². The molecule has 5 N–H and O–H groups in total. The van der Waals surface area contributed by atoms with Crippen molar-refractivity contribution in [2.75, 3.05) is 23.3 Å². The molecule has 0 bridgehead atoms. The van der Waals surface area contributed by atoms with Gasteiger partial charge in [-0.3, -0.25) is 9.59 Å². The van der Waals surface area contributed by atoms with E-state index in [4.69, 9.17) is 11.5 Å². The molecule has 114 valence electrons. The monoisotopic (exact) mass is 294 g/mol. The quantitative estimate of drug-likeness (QED) is 0.738. The minimum Gasteiger partial charge on any atom is -0.370 e. The van der Waals surface area contributed by atoms with Gasteiger partial charge < -0.3 is 21.7 Å². The van der Waals surface area contributed by atoms with Crippen molar-refractivity contribution in [2.24, 2.45) is 11.5 Å². The van der Waals surface area contributed by atoms with Crippen LogP contribution in [-0.2, 0) is 9.59 Å². The summed E-state index contributed by atoms with van der Waals surface area (Å²) in [6, 6.07) is 3.47. The summed E-state index contributed by atoms with van der Waals surface area (Å²) in [5.74, 6) is -1.62. The van der Waals surface area contributed by atoms with Crippen LogP contribution in [0.25, 0.3) is 0 Å². The van der Waals surface area contributed by atoms with E-state index in [1.807, 2.05) is 4.90 Å². The van der Waals surface area contributed by atoms with E-state index >= 15 is 0 Å². The molecule has 1 aliphatic rings. The molecule has 2 rings (SSSR count). The van der Waals surface area contributed by atoms with E-state index in [0.717, 1.165) is 25.9 Å². The molecule has 7 heteroatoms. The fraction of sp³-hybridized carbons (Fsp3) is 0.429. The zero-order valence-electron chi connectivity index (χ0n) is 11.6. The number of carbonyl (C=O) groups excluding carboxylic acids is 2. The number of nitrogens with two attached hydrogens (primary N) is 2. The van der Waals surface area contributed by atoms with E-state index in [9.17, 15) is 14.0 Å². The topological polar surface area (TPSA) is 101 Å². The first-order valence-electron chi connectivity index (χ1n) is 6.86. The number of halogens is 1. The van der Waals surface area contributed by atoms with Crippen molar-refractivity contribution in [1.82, 2.24) is 0 Å². The highest BCUT2D eigenvalue weighted by molar-refractivity contribution is 5.97. The van der Waals surface area contributed by atoms with Crippen LogP contribution in [0.3, 0.4) is 0 Å². The van der Waals surface area contributed by atoms with Crippen molar-refractivity contribution < 1.29 is 14.0 Å². The minimum absolute atomic E-state index is 0.250. The predicted molar refractivity (Wildman–Crippen MR) is 78.3 cm³/mol. The average molecular weight is 294 g/mol. The Balaban J connectivity index is 2.02. The summed E-state index contributed by atoms with van der Waals surface area (Å²) in [5, 5.41) is 2.48. The lowest BCUT2D eigenvalue weighted by molar-refractivity contribution is -0.123. The smallest absolute Gasteiger partial charge is 0.241 e. The molecule has 0 spiro atoms. The molecule has 2 amide bonds. The van der Waals surface area contributed by atoms with E-state index in [0.29, 0.717) is 11.4 Å². The zero-order chi connectivity index (χ0) is 15.4. The Hall–Kier alpha value is -2.15. The number of carbonyl (C=O) groups is 2. The number of hydrogen-bond donors (Lipinski definition) is 3. The van der Waals surface area contributed by atoms with Crippen LogP contribution in [-0.4, -0.2) is 30.9 Å². The molecule has 0 radical (unpaired) electrons. The number of nitrogens with one attached hydrogen (secondary N) is 1. The first-order chi connectivity index (χ1) is 9.97. The molecule has 6 nitrogen and oxygen atoms in total. The number of benzene rings is 1. The molecule has 1 unspecified atom stereocenters. The van der Waals surface area contributed by atoms with Crippen molar-refractivity contribution in [1.29, 1.82) is 0 Å². The highest BCUT2D eigenvalue weighted by Crippen LogP contribution is 2.26. The largest absolute Gasteiger partial charge is 0.370 e. The predicted octanol–water partition coefficient (Wildman–Crippen LogP) is 0.567. The minimum atomic E-state index is -1.04. The standard InChI is InChI=1S/C14H19FN4O2/c15-10-7-9(18-14(21)11(16)8-13(17)20)3-4-12(10)19-5-1-2-6-19/h3-4,7,11H,1-2,5-6,8,16H2,(H2,17,20)(H,18,21). The van der Waals surface area contributed by atoms with Gasteiger partial charge in [-0.05, 0) is 31.0 Å². The molecular formula is C14H19FN4O2. The maximum Gasteiger partial charge on any atom is 0.241 e. The number of hydrogen-bond acceptors (Lipinski definition) is 4. The maximum atomic E-state index is 14.1. The van der Waals surface area contributed by atoms with Crippen LogP contribution >= 0.6 is 0 Å². The number of nitrogens with zero attached hydrogens (tertiary/aromatic N) is 1. The second-order valence-corrected chi connectivity index (χ2v) is 5.13. The van der Waals surface area contributed by atoms with E-state index in [2.05, 4.69) is 5.32 Å².